The Morgan fingerprint density at radius 1 is 1.19 bits per heavy atom. The third kappa shape index (κ3) is 4.12. The molecule has 1 fully saturated rings. The largest absolute Gasteiger partial charge is 0.462 e. The molecule has 0 aliphatic carbocycles. The lowest BCUT2D eigenvalue weighted by Gasteiger charge is -2.33. The number of piperazine rings is 1. The number of nitrogens with zero attached hydrogens (tertiary/aromatic N) is 3. The van der Waals surface area contributed by atoms with Gasteiger partial charge >= 0.3 is 0 Å². The van der Waals surface area contributed by atoms with E-state index in [4.69, 9.17) is 4.42 Å². The van der Waals surface area contributed by atoms with Crippen molar-refractivity contribution in [3.63, 3.8) is 0 Å². The molecule has 0 unspecified atom stereocenters. The van der Waals surface area contributed by atoms with Gasteiger partial charge in [-0.15, -0.1) is 22.7 Å². The van der Waals surface area contributed by atoms with Gasteiger partial charge in [0.15, 0.2) is 10.8 Å². The first-order valence-electron chi connectivity index (χ1n) is 8.49. The smallest absolute Gasteiger partial charge is 0.246 e. The van der Waals surface area contributed by atoms with Crippen molar-refractivity contribution in [1.29, 1.82) is 0 Å². The summed E-state index contributed by atoms with van der Waals surface area (Å²) < 4.78 is 5.40. The zero-order valence-corrected chi connectivity index (χ0v) is 15.8. The molecule has 134 valence electrons. The summed E-state index contributed by atoms with van der Waals surface area (Å²) in [7, 11) is 0. The van der Waals surface area contributed by atoms with Gasteiger partial charge in [0.05, 0.1) is 12.0 Å². The highest BCUT2D eigenvalue weighted by Crippen LogP contribution is 2.24. The van der Waals surface area contributed by atoms with Crippen molar-refractivity contribution < 1.29 is 9.21 Å². The normalized spacial score (nSPS) is 15.8. The summed E-state index contributed by atoms with van der Waals surface area (Å²) in [6.07, 6.45) is 5.24. The number of rotatable bonds is 5. The number of thiophene rings is 1. The van der Waals surface area contributed by atoms with Gasteiger partial charge in [-0.2, -0.15) is 0 Å². The summed E-state index contributed by atoms with van der Waals surface area (Å²) in [6.45, 7) is 4.05. The SMILES string of the molecule is O=C(C=Cc1cccs1)N1CCN(Cc2csc(-c3ccco3)n2)CC1. The zero-order chi connectivity index (χ0) is 17.8. The zero-order valence-electron chi connectivity index (χ0n) is 14.2. The van der Waals surface area contributed by atoms with E-state index in [1.54, 1.807) is 35.0 Å². The monoisotopic (exact) mass is 385 g/mol. The van der Waals surface area contributed by atoms with E-state index in [-0.39, 0.29) is 5.91 Å². The first-order valence-corrected chi connectivity index (χ1v) is 10.2. The van der Waals surface area contributed by atoms with Crippen molar-refractivity contribution in [2.75, 3.05) is 26.2 Å². The molecule has 0 radical (unpaired) electrons. The van der Waals surface area contributed by atoms with Gasteiger partial charge in [-0.1, -0.05) is 6.07 Å². The molecule has 0 spiro atoms. The van der Waals surface area contributed by atoms with E-state index in [9.17, 15) is 4.79 Å². The molecular formula is C19H19N3O2S2. The average molecular weight is 386 g/mol. The standard InChI is InChI=1S/C19H19N3O2S2/c23-18(6-5-16-3-2-12-25-16)22-9-7-21(8-10-22)13-15-14-26-19(20-15)17-4-1-11-24-17/h1-6,11-12,14H,7-10,13H2. The molecule has 26 heavy (non-hydrogen) atoms. The van der Waals surface area contributed by atoms with Gasteiger partial charge in [0.25, 0.3) is 0 Å². The number of amides is 1. The molecule has 0 N–H and O–H groups in total. The summed E-state index contributed by atoms with van der Waals surface area (Å²) in [5.74, 6) is 0.904. The van der Waals surface area contributed by atoms with Crippen LogP contribution in [0.3, 0.4) is 0 Å². The minimum Gasteiger partial charge on any atom is -0.462 e. The van der Waals surface area contributed by atoms with Crippen LogP contribution in [0.15, 0.2) is 51.8 Å². The van der Waals surface area contributed by atoms with E-state index < -0.39 is 0 Å². The van der Waals surface area contributed by atoms with E-state index in [1.165, 1.54) is 0 Å². The van der Waals surface area contributed by atoms with Crippen LogP contribution in [0.4, 0.5) is 0 Å². The lowest BCUT2D eigenvalue weighted by Crippen LogP contribution is -2.47. The van der Waals surface area contributed by atoms with Crippen LogP contribution < -0.4 is 0 Å². The van der Waals surface area contributed by atoms with Crippen molar-refractivity contribution in [3.8, 4) is 10.8 Å². The lowest BCUT2D eigenvalue weighted by molar-refractivity contribution is -0.127. The summed E-state index contributed by atoms with van der Waals surface area (Å²) >= 11 is 3.24. The summed E-state index contributed by atoms with van der Waals surface area (Å²) in [6, 6.07) is 7.80. The van der Waals surface area contributed by atoms with Crippen LogP contribution in [0.2, 0.25) is 0 Å². The second-order valence-electron chi connectivity index (χ2n) is 6.07. The van der Waals surface area contributed by atoms with Gasteiger partial charge in [-0.25, -0.2) is 4.98 Å². The fraction of sp³-hybridized carbons (Fsp3) is 0.263. The molecule has 4 rings (SSSR count). The highest BCUT2D eigenvalue weighted by Gasteiger charge is 2.20. The molecule has 1 aliphatic heterocycles. The van der Waals surface area contributed by atoms with Gasteiger partial charge in [-0.3, -0.25) is 9.69 Å². The van der Waals surface area contributed by atoms with Crippen LogP contribution in [0.5, 0.6) is 0 Å². The Hall–Kier alpha value is -2.22. The first kappa shape index (κ1) is 17.2. The Labute approximate surface area is 160 Å². The van der Waals surface area contributed by atoms with Gasteiger partial charge in [-0.05, 0) is 29.7 Å². The molecule has 3 aromatic heterocycles. The number of hydrogen-bond acceptors (Lipinski definition) is 6. The molecule has 1 aliphatic rings. The number of aromatic nitrogens is 1. The van der Waals surface area contributed by atoms with E-state index in [0.717, 1.165) is 54.1 Å². The predicted molar refractivity (Wildman–Crippen MR) is 105 cm³/mol. The molecule has 0 bridgehead atoms. The number of hydrogen-bond donors (Lipinski definition) is 0. The van der Waals surface area contributed by atoms with Gasteiger partial charge < -0.3 is 9.32 Å². The maximum Gasteiger partial charge on any atom is 0.246 e. The second-order valence-corrected chi connectivity index (χ2v) is 7.91. The average Bonchev–Trinajstić information content (AvgIpc) is 3.41. The topological polar surface area (TPSA) is 49.6 Å². The van der Waals surface area contributed by atoms with Crippen LogP contribution in [-0.2, 0) is 11.3 Å². The van der Waals surface area contributed by atoms with Crippen LogP contribution in [0, 0.1) is 0 Å². The quantitative estimate of drug-likeness (QED) is 0.627. The minimum absolute atomic E-state index is 0.0896. The Morgan fingerprint density at radius 3 is 2.81 bits per heavy atom. The summed E-state index contributed by atoms with van der Waals surface area (Å²) in [5.41, 5.74) is 1.05. The minimum atomic E-state index is 0.0896. The third-order valence-corrected chi connectivity index (χ3v) is 6.03. The number of carbonyl (C=O) groups excluding carboxylic acids is 1. The van der Waals surface area contributed by atoms with Crippen molar-refractivity contribution in [2.24, 2.45) is 0 Å². The van der Waals surface area contributed by atoms with Crippen molar-refractivity contribution >= 4 is 34.7 Å². The Bertz CT molecular complexity index is 861. The number of carbonyl (C=O) groups is 1. The molecule has 4 heterocycles. The van der Waals surface area contributed by atoms with Crippen LogP contribution >= 0.6 is 22.7 Å². The maximum absolute atomic E-state index is 12.3. The van der Waals surface area contributed by atoms with Crippen LogP contribution in [-0.4, -0.2) is 46.9 Å². The highest BCUT2D eigenvalue weighted by atomic mass is 32.1. The Kier molecular flexibility index (Phi) is 5.29. The molecular weight excluding hydrogens is 366 g/mol. The first-order chi connectivity index (χ1) is 12.8. The fourth-order valence-corrected chi connectivity index (χ4v) is 4.29. The van der Waals surface area contributed by atoms with E-state index in [1.807, 2.05) is 40.6 Å². The van der Waals surface area contributed by atoms with E-state index in [0.29, 0.717) is 0 Å². The highest BCUT2D eigenvalue weighted by molar-refractivity contribution is 7.13. The molecule has 1 amide bonds. The number of furan rings is 1. The van der Waals surface area contributed by atoms with E-state index in [2.05, 4.69) is 15.3 Å². The van der Waals surface area contributed by atoms with Gasteiger partial charge in [0, 0.05) is 49.1 Å². The van der Waals surface area contributed by atoms with Crippen molar-refractivity contribution in [2.45, 2.75) is 6.54 Å². The molecule has 5 nitrogen and oxygen atoms in total. The predicted octanol–water partition coefficient (Wildman–Crippen LogP) is 3.82. The Morgan fingerprint density at radius 2 is 2.08 bits per heavy atom. The number of thiazole rings is 1. The van der Waals surface area contributed by atoms with E-state index >= 15 is 0 Å². The van der Waals surface area contributed by atoms with Gasteiger partial charge in [0.2, 0.25) is 5.91 Å². The van der Waals surface area contributed by atoms with Crippen molar-refractivity contribution in [1.82, 2.24) is 14.8 Å². The molecule has 0 saturated carbocycles. The van der Waals surface area contributed by atoms with Crippen LogP contribution in [0.25, 0.3) is 16.8 Å². The summed E-state index contributed by atoms with van der Waals surface area (Å²) in [5, 5.41) is 5.01. The second kappa shape index (κ2) is 7.99. The maximum atomic E-state index is 12.3. The molecule has 7 heteroatoms. The Balaban J connectivity index is 1.28. The molecule has 0 atom stereocenters. The lowest BCUT2D eigenvalue weighted by atomic mass is 10.2. The summed E-state index contributed by atoms with van der Waals surface area (Å²) in [4.78, 5) is 22.3. The molecule has 1 saturated heterocycles. The van der Waals surface area contributed by atoms with Gasteiger partial charge in [0.1, 0.15) is 0 Å². The fourth-order valence-electron chi connectivity index (χ4n) is 2.89. The van der Waals surface area contributed by atoms with Crippen LogP contribution in [0.1, 0.15) is 10.6 Å². The molecule has 3 aromatic rings. The molecule has 0 aromatic carbocycles. The van der Waals surface area contributed by atoms with Crippen molar-refractivity contribution in [3.05, 3.63) is 57.9 Å². The third-order valence-electron chi connectivity index (χ3n) is 4.29.